The van der Waals surface area contributed by atoms with Crippen LogP contribution in [0, 0.1) is 0 Å². The maximum atomic E-state index is 11.6. The Kier molecular flexibility index (Phi) is 4.52. The smallest absolute Gasteiger partial charge is 0.292 e. The Balaban J connectivity index is 2.04. The number of carbonyl (C=O) groups excluding carboxylic acids is 1. The zero-order chi connectivity index (χ0) is 13.7. The van der Waals surface area contributed by atoms with Gasteiger partial charge >= 0.3 is 0 Å². The monoisotopic (exact) mass is 266 g/mol. The Bertz CT molecular complexity index is 424. The zero-order valence-corrected chi connectivity index (χ0v) is 11.7. The van der Waals surface area contributed by atoms with E-state index < -0.39 is 0 Å². The number of hydrogen-bond donors (Lipinski definition) is 2. The van der Waals surface area contributed by atoms with Crippen molar-refractivity contribution in [3.05, 3.63) is 11.7 Å². The van der Waals surface area contributed by atoms with E-state index in [1.165, 1.54) is 19.3 Å². The van der Waals surface area contributed by atoms with Gasteiger partial charge in [0.15, 0.2) is 0 Å². The Morgan fingerprint density at radius 2 is 2.11 bits per heavy atom. The summed E-state index contributed by atoms with van der Waals surface area (Å²) in [6, 6.07) is 0. The first kappa shape index (κ1) is 14.0. The molecule has 1 aliphatic rings. The molecule has 1 aromatic heterocycles. The molecule has 0 bridgehead atoms. The van der Waals surface area contributed by atoms with Gasteiger partial charge in [0.1, 0.15) is 0 Å². The third kappa shape index (κ3) is 3.32. The van der Waals surface area contributed by atoms with Crippen molar-refractivity contribution in [3.8, 4) is 0 Å². The van der Waals surface area contributed by atoms with E-state index in [1.807, 2.05) is 14.0 Å². The number of amides is 1. The first-order valence-electron chi connectivity index (χ1n) is 6.99. The normalized spacial score (nSPS) is 18.2. The highest BCUT2D eigenvalue weighted by Crippen LogP contribution is 2.30. The summed E-state index contributed by atoms with van der Waals surface area (Å²) >= 11 is 0. The number of rotatable bonds is 5. The van der Waals surface area contributed by atoms with Crippen molar-refractivity contribution in [3.63, 3.8) is 0 Å². The van der Waals surface area contributed by atoms with E-state index in [1.54, 1.807) is 0 Å². The molecule has 0 radical (unpaired) electrons. The van der Waals surface area contributed by atoms with Crippen molar-refractivity contribution in [2.24, 2.45) is 0 Å². The third-order valence-corrected chi connectivity index (χ3v) is 3.84. The van der Waals surface area contributed by atoms with E-state index in [4.69, 9.17) is 4.52 Å². The van der Waals surface area contributed by atoms with Gasteiger partial charge in [-0.25, -0.2) is 0 Å². The van der Waals surface area contributed by atoms with Gasteiger partial charge in [-0.1, -0.05) is 24.4 Å². The highest BCUT2D eigenvalue weighted by atomic mass is 16.5. The van der Waals surface area contributed by atoms with Crippen LogP contribution in [0.15, 0.2) is 4.52 Å². The van der Waals surface area contributed by atoms with Gasteiger partial charge in [0.2, 0.25) is 5.89 Å². The molecule has 0 atom stereocenters. The van der Waals surface area contributed by atoms with Crippen LogP contribution in [-0.4, -0.2) is 35.2 Å². The van der Waals surface area contributed by atoms with Crippen LogP contribution >= 0.6 is 0 Å². The predicted octanol–water partition coefficient (Wildman–Crippen LogP) is 1.28. The number of hydrogen-bond acceptors (Lipinski definition) is 5. The first-order valence-corrected chi connectivity index (χ1v) is 6.99. The molecule has 1 aliphatic carbocycles. The van der Waals surface area contributed by atoms with Crippen LogP contribution in [0.1, 0.15) is 55.5 Å². The molecule has 1 aromatic rings. The summed E-state index contributed by atoms with van der Waals surface area (Å²) in [4.78, 5) is 15.8. The molecule has 0 unspecified atom stereocenters. The van der Waals surface area contributed by atoms with Gasteiger partial charge in [-0.2, -0.15) is 4.98 Å². The lowest BCUT2D eigenvalue weighted by molar-refractivity contribution is 0.0942. The minimum Gasteiger partial charge on any atom is -0.349 e. The van der Waals surface area contributed by atoms with Gasteiger partial charge in [0.05, 0.1) is 0 Å². The first-order chi connectivity index (χ1) is 9.19. The summed E-state index contributed by atoms with van der Waals surface area (Å²) in [5, 5.41) is 9.80. The molecular weight excluding hydrogens is 244 g/mol. The maximum Gasteiger partial charge on any atom is 0.292 e. The molecule has 106 valence electrons. The van der Waals surface area contributed by atoms with Crippen LogP contribution < -0.4 is 10.6 Å². The van der Waals surface area contributed by atoms with Crippen molar-refractivity contribution in [1.82, 2.24) is 20.8 Å². The third-order valence-electron chi connectivity index (χ3n) is 3.84. The van der Waals surface area contributed by atoms with Crippen molar-refractivity contribution in [2.75, 3.05) is 13.6 Å². The lowest BCUT2D eigenvalue weighted by Gasteiger charge is -2.36. The number of carbonyl (C=O) groups is 1. The molecule has 0 aromatic carbocycles. The van der Waals surface area contributed by atoms with Crippen molar-refractivity contribution >= 4 is 5.91 Å². The van der Waals surface area contributed by atoms with Gasteiger partial charge in [-0.15, -0.1) is 0 Å². The lowest BCUT2D eigenvalue weighted by Crippen LogP contribution is -2.46. The second kappa shape index (κ2) is 6.14. The molecule has 6 heteroatoms. The Morgan fingerprint density at radius 1 is 1.37 bits per heavy atom. The average Bonchev–Trinajstić information content (AvgIpc) is 2.88. The van der Waals surface area contributed by atoms with E-state index in [0.29, 0.717) is 18.9 Å². The molecule has 0 spiro atoms. The predicted molar refractivity (Wildman–Crippen MR) is 70.9 cm³/mol. The minimum atomic E-state index is -0.278. The van der Waals surface area contributed by atoms with E-state index in [-0.39, 0.29) is 17.3 Å². The fraction of sp³-hybridized carbons (Fsp3) is 0.769. The number of nitrogens with one attached hydrogen (secondary N) is 2. The summed E-state index contributed by atoms with van der Waals surface area (Å²) in [5.41, 5.74) is 0.0449. The average molecular weight is 266 g/mol. The summed E-state index contributed by atoms with van der Waals surface area (Å²) in [5.74, 6) is 0.385. The molecule has 19 heavy (non-hydrogen) atoms. The summed E-state index contributed by atoms with van der Waals surface area (Å²) in [6.45, 7) is 2.42. The molecule has 0 aliphatic heterocycles. The van der Waals surface area contributed by atoms with Gasteiger partial charge in [-0.3, -0.25) is 4.79 Å². The van der Waals surface area contributed by atoms with E-state index in [9.17, 15) is 4.79 Å². The SMILES string of the molecule is CCNC(=O)c1noc(CC2(NC)CCCCC2)n1. The van der Waals surface area contributed by atoms with Crippen molar-refractivity contribution < 1.29 is 9.32 Å². The molecule has 2 rings (SSSR count). The molecule has 0 saturated heterocycles. The second-order valence-corrected chi connectivity index (χ2v) is 5.14. The Morgan fingerprint density at radius 3 is 2.74 bits per heavy atom. The lowest BCUT2D eigenvalue weighted by atomic mass is 9.79. The van der Waals surface area contributed by atoms with Gasteiger partial charge in [0, 0.05) is 18.5 Å². The largest absolute Gasteiger partial charge is 0.349 e. The quantitative estimate of drug-likeness (QED) is 0.839. The van der Waals surface area contributed by atoms with Crippen LogP contribution in [-0.2, 0) is 6.42 Å². The molecule has 1 amide bonds. The Labute approximate surface area is 113 Å². The van der Waals surface area contributed by atoms with Crippen molar-refractivity contribution in [1.29, 1.82) is 0 Å². The fourth-order valence-electron chi connectivity index (χ4n) is 2.69. The minimum absolute atomic E-state index is 0.0449. The molecular formula is C13H22N4O2. The maximum absolute atomic E-state index is 11.6. The number of likely N-dealkylation sites (N-methyl/N-ethyl adjacent to an activating group) is 1. The van der Waals surface area contributed by atoms with Crippen LogP contribution in [0.5, 0.6) is 0 Å². The Hall–Kier alpha value is -1.43. The standard InChI is InChI=1S/C13H22N4O2/c1-3-15-12(18)11-16-10(19-17-11)9-13(14-2)7-5-4-6-8-13/h14H,3-9H2,1-2H3,(H,15,18). The van der Waals surface area contributed by atoms with Crippen LogP contribution in [0.4, 0.5) is 0 Å². The van der Waals surface area contributed by atoms with Crippen LogP contribution in [0.2, 0.25) is 0 Å². The summed E-state index contributed by atoms with van der Waals surface area (Å²) in [6.07, 6.45) is 6.65. The van der Waals surface area contributed by atoms with Gasteiger partial charge in [-0.05, 0) is 26.8 Å². The molecule has 1 fully saturated rings. The highest BCUT2D eigenvalue weighted by molar-refractivity contribution is 5.90. The topological polar surface area (TPSA) is 80.0 Å². The number of aromatic nitrogens is 2. The molecule has 6 nitrogen and oxygen atoms in total. The highest BCUT2D eigenvalue weighted by Gasteiger charge is 2.32. The molecule has 1 saturated carbocycles. The van der Waals surface area contributed by atoms with Gasteiger partial charge in [0.25, 0.3) is 11.7 Å². The second-order valence-electron chi connectivity index (χ2n) is 5.14. The van der Waals surface area contributed by atoms with Crippen molar-refractivity contribution in [2.45, 2.75) is 51.0 Å². The molecule has 1 heterocycles. The van der Waals surface area contributed by atoms with Crippen LogP contribution in [0.25, 0.3) is 0 Å². The number of nitrogens with zero attached hydrogens (tertiary/aromatic N) is 2. The van der Waals surface area contributed by atoms with E-state index in [0.717, 1.165) is 12.8 Å². The fourth-order valence-corrected chi connectivity index (χ4v) is 2.69. The molecule has 2 N–H and O–H groups in total. The summed E-state index contributed by atoms with van der Waals surface area (Å²) < 4.78 is 5.20. The van der Waals surface area contributed by atoms with E-state index in [2.05, 4.69) is 20.8 Å². The zero-order valence-electron chi connectivity index (χ0n) is 11.7. The van der Waals surface area contributed by atoms with E-state index >= 15 is 0 Å². The summed E-state index contributed by atoms with van der Waals surface area (Å²) in [7, 11) is 1.98. The van der Waals surface area contributed by atoms with Crippen LogP contribution in [0.3, 0.4) is 0 Å². The van der Waals surface area contributed by atoms with Gasteiger partial charge < -0.3 is 15.2 Å².